The topological polar surface area (TPSA) is 58.3 Å². The summed E-state index contributed by atoms with van der Waals surface area (Å²) in [5.41, 5.74) is 3.96. The molecule has 0 aliphatic carbocycles. The molecule has 2 N–H and O–H groups in total. The summed E-state index contributed by atoms with van der Waals surface area (Å²) in [6, 6.07) is 16.3. The van der Waals surface area contributed by atoms with E-state index >= 15 is 0 Å². The third-order valence-electron chi connectivity index (χ3n) is 4.33. The summed E-state index contributed by atoms with van der Waals surface area (Å²) in [6.07, 6.45) is 5.78. The molecule has 0 bridgehead atoms. The third-order valence-corrected chi connectivity index (χ3v) is 4.33. The van der Waals surface area contributed by atoms with Crippen molar-refractivity contribution < 1.29 is 10.2 Å². The van der Waals surface area contributed by atoms with Crippen molar-refractivity contribution >= 4 is 0 Å². The summed E-state index contributed by atoms with van der Waals surface area (Å²) in [7, 11) is 0. The van der Waals surface area contributed by atoms with Gasteiger partial charge in [0, 0.05) is 11.3 Å². The first-order chi connectivity index (χ1) is 12.2. The van der Waals surface area contributed by atoms with E-state index in [1.165, 1.54) is 19.3 Å². The maximum absolute atomic E-state index is 9.53. The predicted molar refractivity (Wildman–Crippen MR) is 100 cm³/mol. The summed E-state index contributed by atoms with van der Waals surface area (Å²) in [4.78, 5) is 0. The Morgan fingerprint density at radius 3 is 2.12 bits per heavy atom. The number of unbranched alkanes of at least 4 members (excludes halogenated alkanes) is 3. The molecular weight excluding hydrogens is 312 g/mol. The normalized spacial score (nSPS) is 10.9. The molecule has 4 heteroatoms. The number of aromatic hydroxyl groups is 2. The molecule has 1 heterocycles. The molecule has 25 heavy (non-hydrogen) atoms. The third kappa shape index (κ3) is 4.21. The van der Waals surface area contributed by atoms with E-state index < -0.39 is 0 Å². The summed E-state index contributed by atoms with van der Waals surface area (Å²) in [6.45, 7) is 2.21. The van der Waals surface area contributed by atoms with Crippen molar-refractivity contribution in [1.29, 1.82) is 0 Å². The smallest absolute Gasteiger partial charge is 0.115 e. The molecule has 0 aliphatic rings. The monoisotopic (exact) mass is 336 g/mol. The highest BCUT2D eigenvalue weighted by Crippen LogP contribution is 2.25. The van der Waals surface area contributed by atoms with Crippen molar-refractivity contribution in [2.24, 2.45) is 0 Å². The van der Waals surface area contributed by atoms with Crippen LogP contribution in [0.2, 0.25) is 0 Å². The van der Waals surface area contributed by atoms with E-state index in [1.807, 2.05) is 28.9 Å². The lowest BCUT2D eigenvalue weighted by Gasteiger charge is -2.07. The highest BCUT2D eigenvalue weighted by atomic mass is 16.3. The molecule has 2 aromatic carbocycles. The summed E-state index contributed by atoms with van der Waals surface area (Å²) < 4.78 is 1.95. The first-order valence-electron chi connectivity index (χ1n) is 8.85. The predicted octanol–water partition coefficient (Wildman–Crippen LogP) is 5.07. The van der Waals surface area contributed by atoms with Crippen LogP contribution in [0.5, 0.6) is 11.5 Å². The molecule has 0 unspecified atom stereocenters. The summed E-state index contributed by atoms with van der Waals surface area (Å²) in [5.74, 6) is 0.501. The molecule has 0 saturated heterocycles. The van der Waals surface area contributed by atoms with Gasteiger partial charge in [0.25, 0.3) is 0 Å². The lowest BCUT2D eigenvalue weighted by Crippen LogP contribution is -2.02. The van der Waals surface area contributed by atoms with Crippen molar-refractivity contribution in [3.8, 4) is 28.4 Å². The standard InChI is InChI=1S/C21H24N2O2/c1-2-3-4-5-6-18-15-21(16-7-11-19(24)12-8-16)22-23(18)17-9-13-20(25)14-10-17/h7-15,24-25H,2-6H2,1H3. The van der Waals surface area contributed by atoms with Gasteiger partial charge in [-0.25, -0.2) is 4.68 Å². The number of hydrogen-bond acceptors (Lipinski definition) is 3. The Balaban J connectivity index is 1.92. The molecule has 130 valence electrons. The van der Waals surface area contributed by atoms with Crippen molar-refractivity contribution in [2.45, 2.75) is 39.0 Å². The molecule has 3 rings (SSSR count). The van der Waals surface area contributed by atoms with Gasteiger partial charge >= 0.3 is 0 Å². The molecule has 0 atom stereocenters. The Kier molecular flexibility index (Phi) is 5.39. The van der Waals surface area contributed by atoms with Crippen LogP contribution in [0.3, 0.4) is 0 Å². The van der Waals surface area contributed by atoms with Crippen LogP contribution in [-0.2, 0) is 6.42 Å². The maximum atomic E-state index is 9.53. The fourth-order valence-electron chi connectivity index (χ4n) is 2.92. The Hall–Kier alpha value is -2.75. The van der Waals surface area contributed by atoms with E-state index in [-0.39, 0.29) is 11.5 Å². The highest BCUT2D eigenvalue weighted by molar-refractivity contribution is 5.61. The Morgan fingerprint density at radius 2 is 1.48 bits per heavy atom. The molecule has 0 radical (unpaired) electrons. The van der Waals surface area contributed by atoms with Crippen LogP contribution in [0.25, 0.3) is 16.9 Å². The van der Waals surface area contributed by atoms with Crippen LogP contribution in [0.15, 0.2) is 54.6 Å². The molecule has 4 nitrogen and oxygen atoms in total. The van der Waals surface area contributed by atoms with Crippen LogP contribution in [0, 0.1) is 0 Å². The number of hydrogen-bond donors (Lipinski definition) is 2. The van der Waals surface area contributed by atoms with Gasteiger partial charge in [-0.3, -0.25) is 0 Å². The fourth-order valence-corrected chi connectivity index (χ4v) is 2.92. The van der Waals surface area contributed by atoms with E-state index in [0.717, 1.165) is 35.5 Å². The van der Waals surface area contributed by atoms with Gasteiger partial charge in [-0.1, -0.05) is 26.2 Å². The zero-order valence-corrected chi connectivity index (χ0v) is 14.5. The summed E-state index contributed by atoms with van der Waals surface area (Å²) in [5, 5.41) is 23.8. The van der Waals surface area contributed by atoms with E-state index in [4.69, 9.17) is 5.10 Å². The number of phenolic OH excluding ortho intramolecular Hbond substituents is 2. The molecular formula is C21H24N2O2. The molecule has 1 aromatic heterocycles. The van der Waals surface area contributed by atoms with Crippen molar-refractivity contribution in [3.63, 3.8) is 0 Å². The van der Waals surface area contributed by atoms with Gasteiger partial charge in [0.1, 0.15) is 11.5 Å². The largest absolute Gasteiger partial charge is 0.508 e. The number of aromatic nitrogens is 2. The number of benzene rings is 2. The second kappa shape index (κ2) is 7.88. The van der Waals surface area contributed by atoms with Gasteiger partial charge in [-0.2, -0.15) is 5.10 Å². The Bertz CT molecular complexity index is 805. The minimum atomic E-state index is 0.249. The zero-order chi connectivity index (χ0) is 17.6. The van der Waals surface area contributed by atoms with E-state index in [0.29, 0.717) is 0 Å². The Labute approximate surface area is 148 Å². The summed E-state index contributed by atoms with van der Waals surface area (Å²) >= 11 is 0. The van der Waals surface area contributed by atoms with Crippen LogP contribution in [0.1, 0.15) is 38.3 Å². The minimum absolute atomic E-state index is 0.249. The molecule has 0 spiro atoms. The quantitative estimate of drug-likeness (QED) is 0.592. The first-order valence-corrected chi connectivity index (χ1v) is 8.85. The van der Waals surface area contributed by atoms with Gasteiger partial charge < -0.3 is 10.2 Å². The van der Waals surface area contributed by atoms with Crippen molar-refractivity contribution in [2.75, 3.05) is 0 Å². The SMILES string of the molecule is CCCCCCc1cc(-c2ccc(O)cc2)nn1-c1ccc(O)cc1. The first kappa shape index (κ1) is 17.1. The van der Waals surface area contributed by atoms with Gasteiger partial charge in [0.2, 0.25) is 0 Å². The molecule has 0 saturated carbocycles. The lowest BCUT2D eigenvalue weighted by molar-refractivity contribution is 0.474. The van der Waals surface area contributed by atoms with Gasteiger partial charge in [0.05, 0.1) is 11.4 Å². The van der Waals surface area contributed by atoms with E-state index in [1.54, 1.807) is 24.3 Å². The molecule has 0 aliphatic heterocycles. The van der Waals surface area contributed by atoms with E-state index in [9.17, 15) is 10.2 Å². The lowest BCUT2D eigenvalue weighted by atomic mass is 10.1. The van der Waals surface area contributed by atoms with Crippen molar-refractivity contribution in [3.05, 3.63) is 60.3 Å². The van der Waals surface area contributed by atoms with Gasteiger partial charge in [0.15, 0.2) is 0 Å². The average Bonchev–Trinajstić information content (AvgIpc) is 3.04. The highest BCUT2D eigenvalue weighted by Gasteiger charge is 2.11. The van der Waals surface area contributed by atoms with Gasteiger partial charge in [-0.15, -0.1) is 0 Å². The number of phenols is 2. The van der Waals surface area contributed by atoms with Gasteiger partial charge in [-0.05, 0) is 67.4 Å². The zero-order valence-electron chi connectivity index (χ0n) is 14.5. The second-order valence-electron chi connectivity index (χ2n) is 6.31. The number of nitrogens with zero attached hydrogens (tertiary/aromatic N) is 2. The minimum Gasteiger partial charge on any atom is -0.508 e. The van der Waals surface area contributed by atoms with Crippen LogP contribution in [-0.4, -0.2) is 20.0 Å². The van der Waals surface area contributed by atoms with Crippen LogP contribution < -0.4 is 0 Å². The fraction of sp³-hybridized carbons (Fsp3) is 0.286. The van der Waals surface area contributed by atoms with Crippen molar-refractivity contribution in [1.82, 2.24) is 9.78 Å². The molecule has 0 fully saturated rings. The second-order valence-corrected chi connectivity index (χ2v) is 6.31. The average molecular weight is 336 g/mol. The Morgan fingerprint density at radius 1 is 0.840 bits per heavy atom. The molecule has 0 amide bonds. The van der Waals surface area contributed by atoms with Crippen LogP contribution >= 0.6 is 0 Å². The molecule has 3 aromatic rings. The van der Waals surface area contributed by atoms with Crippen LogP contribution in [0.4, 0.5) is 0 Å². The number of rotatable bonds is 7. The maximum Gasteiger partial charge on any atom is 0.115 e. The number of aryl methyl sites for hydroxylation is 1. The van der Waals surface area contributed by atoms with E-state index in [2.05, 4.69) is 13.0 Å².